The van der Waals surface area contributed by atoms with Crippen molar-refractivity contribution in [2.24, 2.45) is 23.7 Å². The first-order valence-electron chi connectivity index (χ1n) is 6.75. The van der Waals surface area contributed by atoms with E-state index < -0.39 is 0 Å². The Morgan fingerprint density at radius 1 is 1.19 bits per heavy atom. The maximum Gasteiger partial charge on any atom is 0.136 e. The summed E-state index contributed by atoms with van der Waals surface area (Å²) in [4.78, 5) is 12.2. The number of carbonyl (C=O) groups is 1. The van der Waals surface area contributed by atoms with Crippen molar-refractivity contribution >= 4 is 5.78 Å². The summed E-state index contributed by atoms with van der Waals surface area (Å²) in [6, 6.07) is 0. The summed E-state index contributed by atoms with van der Waals surface area (Å²) in [6.45, 7) is 6.24. The van der Waals surface area contributed by atoms with Crippen molar-refractivity contribution < 1.29 is 9.53 Å². The SMILES string of the molecule is CC1CC(C)CC(C(=O)CC2CCOC2)C1. The minimum atomic E-state index is 0.347. The molecule has 3 unspecified atom stereocenters. The first-order chi connectivity index (χ1) is 7.65. The van der Waals surface area contributed by atoms with E-state index in [1.54, 1.807) is 0 Å². The van der Waals surface area contributed by atoms with Crippen molar-refractivity contribution in [1.82, 2.24) is 0 Å². The van der Waals surface area contributed by atoms with Crippen molar-refractivity contribution in [2.45, 2.75) is 46.0 Å². The van der Waals surface area contributed by atoms with Gasteiger partial charge in [0.25, 0.3) is 0 Å². The van der Waals surface area contributed by atoms with Crippen LogP contribution in [-0.4, -0.2) is 19.0 Å². The zero-order valence-corrected chi connectivity index (χ0v) is 10.6. The van der Waals surface area contributed by atoms with E-state index in [9.17, 15) is 4.79 Å². The predicted octanol–water partition coefficient (Wildman–Crippen LogP) is 3.05. The van der Waals surface area contributed by atoms with E-state index in [1.807, 2.05) is 0 Å². The normalized spacial score (nSPS) is 39.9. The molecule has 92 valence electrons. The van der Waals surface area contributed by atoms with E-state index in [0.717, 1.165) is 50.7 Å². The van der Waals surface area contributed by atoms with Crippen LogP contribution in [0.3, 0.4) is 0 Å². The van der Waals surface area contributed by atoms with Crippen LogP contribution in [0.15, 0.2) is 0 Å². The molecule has 1 saturated carbocycles. The first-order valence-corrected chi connectivity index (χ1v) is 6.75. The zero-order valence-electron chi connectivity index (χ0n) is 10.6. The highest BCUT2D eigenvalue weighted by atomic mass is 16.5. The molecule has 1 saturated heterocycles. The fraction of sp³-hybridized carbons (Fsp3) is 0.929. The summed E-state index contributed by atoms with van der Waals surface area (Å²) in [7, 11) is 0. The van der Waals surface area contributed by atoms with Crippen molar-refractivity contribution in [2.75, 3.05) is 13.2 Å². The Morgan fingerprint density at radius 3 is 2.44 bits per heavy atom. The zero-order chi connectivity index (χ0) is 11.5. The van der Waals surface area contributed by atoms with Crippen LogP contribution in [0.4, 0.5) is 0 Å². The van der Waals surface area contributed by atoms with Gasteiger partial charge in [-0.1, -0.05) is 13.8 Å². The van der Waals surface area contributed by atoms with E-state index in [1.165, 1.54) is 6.42 Å². The van der Waals surface area contributed by atoms with Gasteiger partial charge in [-0.15, -0.1) is 0 Å². The van der Waals surface area contributed by atoms with Gasteiger partial charge in [0.2, 0.25) is 0 Å². The molecule has 0 aromatic heterocycles. The van der Waals surface area contributed by atoms with Gasteiger partial charge in [0.1, 0.15) is 5.78 Å². The highest BCUT2D eigenvalue weighted by molar-refractivity contribution is 5.81. The van der Waals surface area contributed by atoms with Gasteiger partial charge >= 0.3 is 0 Å². The van der Waals surface area contributed by atoms with Gasteiger partial charge in [-0.2, -0.15) is 0 Å². The number of hydrogen-bond acceptors (Lipinski definition) is 2. The highest BCUT2D eigenvalue weighted by Crippen LogP contribution is 2.34. The fourth-order valence-electron chi connectivity index (χ4n) is 3.41. The van der Waals surface area contributed by atoms with Crippen LogP contribution < -0.4 is 0 Å². The molecule has 0 aromatic carbocycles. The topological polar surface area (TPSA) is 26.3 Å². The molecule has 2 aliphatic rings. The van der Waals surface area contributed by atoms with Crippen LogP contribution in [0.25, 0.3) is 0 Å². The van der Waals surface area contributed by atoms with Gasteiger partial charge < -0.3 is 4.74 Å². The smallest absolute Gasteiger partial charge is 0.136 e. The molecule has 2 fully saturated rings. The lowest BCUT2D eigenvalue weighted by Gasteiger charge is -2.30. The van der Waals surface area contributed by atoms with Crippen LogP contribution in [0, 0.1) is 23.7 Å². The summed E-state index contributed by atoms with van der Waals surface area (Å²) >= 11 is 0. The van der Waals surface area contributed by atoms with E-state index in [-0.39, 0.29) is 0 Å². The molecule has 0 amide bonds. The van der Waals surface area contributed by atoms with E-state index in [2.05, 4.69) is 13.8 Å². The van der Waals surface area contributed by atoms with Crippen molar-refractivity contribution in [3.05, 3.63) is 0 Å². The van der Waals surface area contributed by atoms with Crippen LogP contribution >= 0.6 is 0 Å². The van der Waals surface area contributed by atoms with E-state index >= 15 is 0 Å². The van der Waals surface area contributed by atoms with Crippen LogP contribution in [0.5, 0.6) is 0 Å². The molecule has 2 nitrogen and oxygen atoms in total. The van der Waals surface area contributed by atoms with Crippen LogP contribution in [0.2, 0.25) is 0 Å². The molecule has 2 rings (SSSR count). The second-order valence-corrected chi connectivity index (χ2v) is 6.01. The number of hydrogen-bond donors (Lipinski definition) is 0. The fourth-order valence-corrected chi connectivity index (χ4v) is 3.41. The van der Waals surface area contributed by atoms with Crippen molar-refractivity contribution in [3.63, 3.8) is 0 Å². The number of ether oxygens (including phenoxy) is 1. The Morgan fingerprint density at radius 2 is 1.88 bits per heavy atom. The van der Waals surface area contributed by atoms with Gasteiger partial charge in [0.05, 0.1) is 0 Å². The largest absolute Gasteiger partial charge is 0.381 e. The molecule has 0 radical (unpaired) electrons. The average Bonchev–Trinajstić information content (AvgIpc) is 2.68. The maximum absolute atomic E-state index is 12.2. The van der Waals surface area contributed by atoms with Gasteiger partial charge in [0.15, 0.2) is 0 Å². The van der Waals surface area contributed by atoms with E-state index in [0.29, 0.717) is 17.6 Å². The van der Waals surface area contributed by atoms with Crippen molar-refractivity contribution in [3.8, 4) is 0 Å². The minimum Gasteiger partial charge on any atom is -0.381 e. The van der Waals surface area contributed by atoms with Gasteiger partial charge in [-0.3, -0.25) is 4.79 Å². The lowest BCUT2D eigenvalue weighted by molar-refractivity contribution is -0.125. The molecular formula is C14H24O2. The predicted molar refractivity (Wildman–Crippen MR) is 64.2 cm³/mol. The molecule has 0 bridgehead atoms. The highest BCUT2D eigenvalue weighted by Gasteiger charge is 2.30. The summed E-state index contributed by atoms with van der Waals surface area (Å²) in [6.07, 6.45) is 5.40. The Bertz CT molecular complexity index is 233. The third-order valence-corrected chi connectivity index (χ3v) is 4.15. The summed E-state index contributed by atoms with van der Waals surface area (Å²) in [5.74, 6) is 2.84. The standard InChI is InChI=1S/C14H24O2/c1-10-5-11(2)7-13(6-10)14(15)8-12-3-4-16-9-12/h10-13H,3-9H2,1-2H3. The van der Waals surface area contributed by atoms with Crippen molar-refractivity contribution in [1.29, 1.82) is 0 Å². The van der Waals surface area contributed by atoms with Gasteiger partial charge in [0, 0.05) is 25.6 Å². The number of Topliss-reactive ketones (excluding diaryl/α,β-unsaturated/α-hetero) is 1. The molecule has 0 aromatic rings. The molecule has 0 N–H and O–H groups in total. The Balaban J connectivity index is 1.83. The summed E-state index contributed by atoms with van der Waals surface area (Å²) < 4.78 is 5.34. The van der Waals surface area contributed by atoms with Crippen LogP contribution in [-0.2, 0) is 9.53 Å². The quantitative estimate of drug-likeness (QED) is 0.736. The third kappa shape index (κ3) is 3.07. The molecule has 1 aliphatic heterocycles. The lowest BCUT2D eigenvalue weighted by Crippen LogP contribution is -2.27. The number of rotatable bonds is 3. The molecule has 16 heavy (non-hydrogen) atoms. The summed E-state index contributed by atoms with van der Waals surface area (Å²) in [5.41, 5.74) is 0. The lowest BCUT2D eigenvalue weighted by atomic mass is 9.74. The molecule has 0 spiro atoms. The summed E-state index contributed by atoms with van der Waals surface area (Å²) in [5, 5.41) is 0. The molecule has 1 heterocycles. The van der Waals surface area contributed by atoms with E-state index in [4.69, 9.17) is 4.74 Å². The Labute approximate surface area is 98.7 Å². The average molecular weight is 224 g/mol. The minimum absolute atomic E-state index is 0.347. The maximum atomic E-state index is 12.2. The number of carbonyl (C=O) groups excluding carboxylic acids is 1. The molecular weight excluding hydrogens is 200 g/mol. The monoisotopic (exact) mass is 224 g/mol. The van der Waals surface area contributed by atoms with Gasteiger partial charge in [-0.05, 0) is 43.4 Å². The molecule has 1 aliphatic carbocycles. The Kier molecular flexibility index (Phi) is 4.01. The molecule has 2 heteroatoms. The second kappa shape index (κ2) is 5.31. The first kappa shape index (κ1) is 12.1. The molecule has 3 atom stereocenters. The Hall–Kier alpha value is -0.370. The third-order valence-electron chi connectivity index (χ3n) is 4.15. The van der Waals surface area contributed by atoms with Crippen LogP contribution in [0.1, 0.15) is 46.0 Å². The number of ketones is 1. The van der Waals surface area contributed by atoms with Gasteiger partial charge in [-0.25, -0.2) is 0 Å². The second-order valence-electron chi connectivity index (χ2n) is 6.01.